The van der Waals surface area contributed by atoms with Crippen molar-refractivity contribution in [2.24, 2.45) is 0 Å². The van der Waals surface area contributed by atoms with E-state index in [9.17, 15) is 8.42 Å². The Hall–Kier alpha value is -3.27. The number of anilines is 3. The van der Waals surface area contributed by atoms with Crippen molar-refractivity contribution < 1.29 is 22.4 Å². The number of nitrogens with one attached hydrogen (secondary N) is 2. The summed E-state index contributed by atoms with van der Waals surface area (Å²) in [5, 5.41) is 6.75. The zero-order valence-electron chi connectivity index (χ0n) is 14.9. The number of nitrogens with zero attached hydrogens (tertiary/aromatic N) is 2. The maximum atomic E-state index is 12.7. The number of ether oxygens (including phenoxy) is 2. The fourth-order valence-electron chi connectivity index (χ4n) is 2.29. The Balaban J connectivity index is 1.80. The van der Waals surface area contributed by atoms with Crippen LogP contribution in [0.2, 0.25) is 0 Å². The van der Waals surface area contributed by atoms with Gasteiger partial charge in [-0.15, -0.1) is 0 Å². The van der Waals surface area contributed by atoms with Gasteiger partial charge in [0, 0.05) is 12.1 Å². The van der Waals surface area contributed by atoms with Crippen LogP contribution in [-0.4, -0.2) is 32.8 Å². The van der Waals surface area contributed by atoms with Crippen LogP contribution in [0.4, 0.5) is 17.3 Å². The number of methoxy groups -OCH3 is 2. The molecule has 2 N–H and O–H groups in total. The van der Waals surface area contributed by atoms with E-state index in [2.05, 4.69) is 20.2 Å². The number of aryl methyl sites for hydroxylation is 1. The largest absolute Gasteiger partial charge is 0.497 e. The van der Waals surface area contributed by atoms with E-state index < -0.39 is 10.0 Å². The van der Waals surface area contributed by atoms with Gasteiger partial charge in [0.15, 0.2) is 5.82 Å². The highest BCUT2D eigenvalue weighted by molar-refractivity contribution is 7.92. The first kappa shape index (κ1) is 18.5. The van der Waals surface area contributed by atoms with E-state index in [1.165, 1.54) is 32.5 Å². The molecule has 0 spiro atoms. The van der Waals surface area contributed by atoms with Gasteiger partial charge in [0.25, 0.3) is 10.0 Å². The lowest BCUT2D eigenvalue weighted by Crippen LogP contribution is -2.14. The average molecular weight is 390 g/mol. The van der Waals surface area contributed by atoms with Crippen molar-refractivity contribution >= 4 is 27.3 Å². The van der Waals surface area contributed by atoms with Crippen molar-refractivity contribution in [2.75, 3.05) is 24.3 Å². The molecule has 9 nitrogen and oxygen atoms in total. The zero-order valence-corrected chi connectivity index (χ0v) is 15.7. The van der Waals surface area contributed by atoms with Crippen molar-refractivity contribution in [2.45, 2.75) is 11.8 Å². The van der Waals surface area contributed by atoms with Crippen LogP contribution in [0.3, 0.4) is 0 Å². The van der Waals surface area contributed by atoms with E-state index in [-0.39, 0.29) is 10.6 Å². The third kappa shape index (κ3) is 4.29. The van der Waals surface area contributed by atoms with Gasteiger partial charge in [0.05, 0.1) is 26.1 Å². The van der Waals surface area contributed by atoms with Crippen molar-refractivity contribution in [3.63, 3.8) is 0 Å². The Kier molecular flexibility index (Phi) is 5.17. The summed E-state index contributed by atoms with van der Waals surface area (Å²) < 4.78 is 43.1. The van der Waals surface area contributed by atoms with Gasteiger partial charge in [0.2, 0.25) is 0 Å². The summed E-state index contributed by atoms with van der Waals surface area (Å²) in [5.74, 6) is 2.27. The third-order valence-corrected chi connectivity index (χ3v) is 4.96. The molecule has 0 aliphatic heterocycles. The molecule has 142 valence electrons. The second kappa shape index (κ2) is 7.54. The smallest absolute Gasteiger partial charge is 0.265 e. The van der Waals surface area contributed by atoms with E-state index in [1.807, 2.05) is 0 Å². The minimum atomic E-state index is -3.90. The number of hydrogen-bond donors (Lipinski definition) is 2. The summed E-state index contributed by atoms with van der Waals surface area (Å²) in [7, 11) is -1.05. The van der Waals surface area contributed by atoms with Crippen molar-refractivity contribution in [3.05, 3.63) is 48.4 Å². The molecular weight excluding hydrogens is 372 g/mol. The van der Waals surface area contributed by atoms with Crippen LogP contribution in [0, 0.1) is 6.92 Å². The van der Waals surface area contributed by atoms with Crippen LogP contribution < -0.4 is 19.5 Å². The predicted octanol–water partition coefficient (Wildman–Crippen LogP) is 2.94. The van der Waals surface area contributed by atoms with Crippen molar-refractivity contribution in [1.29, 1.82) is 0 Å². The molecule has 0 saturated carbocycles. The number of hydrogen-bond acceptors (Lipinski definition) is 8. The van der Waals surface area contributed by atoms with E-state index in [4.69, 9.17) is 14.0 Å². The average Bonchev–Trinajstić information content (AvgIpc) is 3.07. The SMILES string of the molecule is COc1ccc(OC)c(S(=O)(=O)Nc2ccc(Nc3cc(C)on3)nc2)c1. The highest BCUT2D eigenvalue weighted by Crippen LogP contribution is 2.29. The molecule has 0 saturated heterocycles. The van der Waals surface area contributed by atoms with Gasteiger partial charge in [0.1, 0.15) is 28.0 Å². The van der Waals surface area contributed by atoms with Gasteiger partial charge >= 0.3 is 0 Å². The number of benzene rings is 1. The van der Waals surface area contributed by atoms with Crippen LogP contribution in [-0.2, 0) is 10.0 Å². The van der Waals surface area contributed by atoms with Crippen LogP contribution in [0.1, 0.15) is 5.76 Å². The maximum Gasteiger partial charge on any atom is 0.265 e. The first-order valence-electron chi connectivity index (χ1n) is 7.82. The highest BCUT2D eigenvalue weighted by atomic mass is 32.2. The molecule has 1 aromatic carbocycles. The minimum Gasteiger partial charge on any atom is -0.497 e. The van der Waals surface area contributed by atoms with E-state index >= 15 is 0 Å². The first-order chi connectivity index (χ1) is 12.9. The molecule has 2 heterocycles. The van der Waals surface area contributed by atoms with Crippen LogP contribution in [0.25, 0.3) is 0 Å². The maximum absolute atomic E-state index is 12.7. The Bertz CT molecular complexity index is 1030. The lowest BCUT2D eigenvalue weighted by Gasteiger charge is -2.13. The lowest BCUT2D eigenvalue weighted by molar-refractivity contribution is 0.392. The normalized spacial score (nSPS) is 11.1. The summed E-state index contributed by atoms with van der Waals surface area (Å²) in [5.41, 5.74) is 0.293. The molecule has 0 unspecified atom stereocenters. The van der Waals surface area contributed by atoms with E-state index in [0.717, 1.165) is 0 Å². The molecule has 0 fully saturated rings. The molecule has 2 aromatic heterocycles. The third-order valence-electron chi connectivity index (χ3n) is 3.56. The fraction of sp³-hybridized carbons (Fsp3) is 0.176. The number of pyridine rings is 1. The van der Waals surface area contributed by atoms with Gasteiger partial charge in [-0.3, -0.25) is 4.72 Å². The Morgan fingerprint density at radius 1 is 1.04 bits per heavy atom. The van der Waals surface area contributed by atoms with Gasteiger partial charge in [-0.2, -0.15) is 0 Å². The summed E-state index contributed by atoms with van der Waals surface area (Å²) in [6, 6.07) is 9.44. The predicted molar refractivity (Wildman–Crippen MR) is 99.1 cm³/mol. The molecule has 0 bridgehead atoms. The fourth-order valence-corrected chi connectivity index (χ4v) is 3.52. The summed E-state index contributed by atoms with van der Waals surface area (Å²) in [6.45, 7) is 1.77. The van der Waals surface area contributed by atoms with Gasteiger partial charge < -0.3 is 19.3 Å². The van der Waals surface area contributed by atoms with E-state index in [1.54, 1.807) is 31.2 Å². The molecule has 0 aliphatic carbocycles. The molecular formula is C17H18N4O5S. The zero-order chi connectivity index (χ0) is 19.4. The molecule has 0 amide bonds. The molecule has 10 heteroatoms. The summed E-state index contributed by atoms with van der Waals surface area (Å²) in [4.78, 5) is 4.12. The molecule has 27 heavy (non-hydrogen) atoms. The molecule has 0 radical (unpaired) electrons. The van der Waals surface area contributed by atoms with Crippen LogP contribution in [0.5, 0.6) is 11.5 Å². The van der Waals surface area contributed by atoms with E-state index in [0.29, 0.717) is 28.8 Å². The second-order valence-electron chi connectivity index (χ2n) is 5.50. The minimum absolute atomic E-state index is 0.0374. The number of rotatable bonds is 7. The topological polar surface area (TPSA) is 116 Å². The van der Waals surface area contributed by atoms with Gasteiger partial charge in [-0.1, -0.05) is 5.16 Å². The Morgan fingerprint density at radius 3 is 2.44 bits per heavy atom. The standard InChI is InChI=1S/C17H18N4O5S/c1-11-8-17(20-26-11)19-16-7-4-12(10-18-16)21-27(22,23)15-9-13(24-2)5-6-14(15)25-3/h4-10,21H,1-3H3,(H,18,19,20). The Morgan fingerprint density at radius 2 is 1.85 bits per heavy atom. The molecule has 0 aliphatic rings. The number of sulfonamides is 1. The van der Waals surface area contributed by atoms with Crippen molar-refractivity contribution in [3.8, 4) is 11.5 Å². The molecule has 3 rings (SSSR count). The van der Waals surface area contributed by atoms with Gasteiger partial charge in [-0.05, 0) is 31.2 Å². The van der Waals surface area contributed by atoms with Gasteiger partial charge in [-0.25, -0.2) is 13.4 Å². The Labute approximate surface area is 156 Å². The lowest BCUT2D eigenvalue weighted by atomic mass is 10.3. The highest BCUT2D eigenvalue weighted by Gasteiger charge is 2.21. The van der Waals surface area contributed by atoms with Crippen LogP contribution >= 0.6 is 0 Å². The monoisotopic (exact) mass is 390 g/mol. The summed E-state index contributed by atoms with van der Waals surface area (Å²) >= 11 is 0. The molecule has 3 aromatic rings. The first-order valence-corrected chi connectivity index (χ1v) is 9.31. The second-order valence-corrected chi connectivity index (χ2v) is 7.15. The summed E-state index contributed by atoms with van der Waals surface area (Å²) in [6.07, 6.45) is 1.39. The number of aromatic nitrogens is 2. The quantitative estimate of drug-likeness (QED) is 0.633. The van der Waals surface area contributed by atoms with Crippen LogP contribution in [0.15, 0.2) is 52.0 Å². The molecule has 0 atom stereocenters. The van der Waals surface area contributed by atoms with Crippen molar-refractivity contribution in [1.82, 2.24) is 10.1 Å².